The zero-order chi connectivity index (χ0) is 13.0. The Bertz CT molecular complexity index is 437. The van der Waals surface area contributed by atoms with E-state index in [4.69, 9.17) is 0 Å². The Balaban J connectivity index is 0.00000180. The van der Waals surface area contributed by atoms with Crippen LogP contribution in [0.4, 0.5) is 8.78 Å². The minimum absolute atomic E-state index is 0. The number of carbonyl (C=O) groups excluding carboxylic acids is 1. The smallest absolute Gasteiger partial charge is 0.237 e. The quantitative estimate of drug-likeness (QED) is 0.895. The fraction of sp³-hybridized carbons (Fsp3) is 0.462. The largest absolute Gasteiger partial charge is 0.351 e. The fourth-order valence-electron chi connectivity index (χ4n) is 2.04. The number of rotatable bonds is 3. The molecule has 1 aliphatic heterocycles. The lowest BCUT2D eigenvalue weighted by atomic mass is 10.0. The van der Waals surface area contributed by atoms with Crippen LogP contribution in [-0.4, -0.2) is 18.5 Å². The van der Waals surface area contributed by atoms with E-state index in [1.807, 2.05) is 0 Å². The van der Waals surface area contributed by atoms with E-state index in [0.29, 0.717) is 5.56 Å². The van der Waals surface area contributed by atoms with Crippen molar-refractivity contribution in [3.05, 3.63) is 35.4 Å². The first-order valence-electron chi connectivity index (χ1n) is 6.12. The fourth-order valence-corrected chi connectivity index (χ4v) is 2.04. The van der Waals surface area contributed by atoms with Gasteiger partial charge < -0.3 is 10.6 Å². The predicted molar refractivity (Wildman–Crippen MR) is 71.1 cm³/mol. The second-order valence-corrected chi connectivity index (χ2v) is 4.47. The average Bonchev–Trinajstić information content (AvgIpc) is 2.41. The summed E-state index contributed by atoms with van der Waals surface area (Å²) in [4.78, 5) is 11.8. The summed E-state index contributed by atoms with van der Waals surface area (Å²) >= 11 is 0. The molecule has 1 aliphatic rings. The average molecular weight is 291 g/mol. The lowest BCUT2D eigenvalue weighted by Gasteiger charge is -2.22. The van der Waals surface area contributed by atoms with Gasteiger partial charge in [0.05, 0.1) is 6.04 Å². The SMILES string of the molecule is Cl.O=C(NCc1ccc(F)c(F)c1)C1CCCCN1. The van der Waals surface area contributed by atoms with E-state index in [2.05, 4.69) is 10.6 Å². The first-order chi connectivity index (χ1) is 8.66. The highest BCUT2D eigenvalue weighted by Gasteiger charge is 2.19. The molecule has 0 aromatic heterocycles. The van der Waals surface area contributed by atoms with Crippen LogP contribution in [0.3, 0.4) is 0 Å². The van der Waals surface area contributed by atoms with Crippen molar-refractivity contribution in [2.45, 2.75) is 31.8 Å². The van der Waals surface area contributed by atoms with Crippen LogP contribution in [0.1, 0.15) is 24.8 Å². The molecule has 3 nitrogen and oxygen atoms in total. The van der Waals surface area contributed by atoms with Crippen molar-refractivity contribution in [2.24, 2.45) is 0 Å². The topological polar surface area (TPSA) is 41.1 Å². The van der Waals surface area contributed by atoms with Gasteiger partial charge in [-0.3, -0.25) is 4.79 Å². The van der Waals surface area contributed by atoms with E-state index in [1.165, 1.54) is 6.07 Å². The summed E-state index contributed by atoms with van der Waals surface area (Å²) in [6, 6.07) is 3.47. The predicted octanol–water partition coefficient (Wildman–Crippen LogP) is 2.14. The van der Waals surface area contributed by atoms with Gasteiger partial charge in [0.15, 0.2) is 11.6 Å². The number of hydrogen-bond acceptors (Lipinski definition) is 2. The number of nitrogens with one attached hydrogen (secondary N) is 2. The molecule has 1 saturated heterocycles. The molecule has 19 heavy (non-hydrogen) atoms. The van der Waals surface area contributed by atoms with Crippen LogP contribution in [0.25, 0.3) is 0 Å². The van der Waals surface area contributed by atoms with Crippen molar-refractivity contribution >= 4 is 18.3 Å². The van der Waals surface area contributed by atoms with Gasteiger partial charge in [-0.15, -0.1) is 12.4 Å². The first kappa shape index (κ1) is 15.9. The minimum Gasteiger partial charge on any atom is -0.351 e. The monoisotopic (exact) mass is 290 g/mol. The van der Waals surface area contributed by atoms with Crippen LogP contribution in [0.2, 0.25) is 0 Å². The molecule has 1 fully saturated rings. The van der Waals surface area contributed by atoms with Gasteiger partial charge in [0.2, 0.25) is 5.91 Å². The Morgan fingerprint density at radius 2 is 2.11 bits per heavy atom. The summed E-state index contributed by atoms with van der Waals surface area (Å²) in [6.45, 7) is 1.07. The normalized spacial score (nSPS) is 18.5. The van der Waals surface area contributed by atoms with Crippen molar-refractivity contribution < 1.29 is 13.6 Å². The molecule has 106 valence electrons. The third-order valence-corrected chi connectivity index (χ3v) is 3.08. The van der Waals surface area contributed by atoms with Crippen LogP contribution >= 0.6 is 12.4 Å². The molecule has 1 amide bonds. The molecule has 1 atom stereocenters. The number of piperidine rings is 1. The van der Waals surface area contributed by atoms with Crippen LogP contribution in [0, 0.1) is 11.6 Å². The van der Waals surface area contributed by atoms with Gasteiger partial charge in [-0.25, -0.2) is 8.78 Å². The van der Waals surface area contributed by atoms with Crippen LogP contribution in [0.15, 0.2) is 18.2 Å². The molecular formula is C13H17ClF2N2O. The molecular weight excluding hydrogens is 274 g/mol. The highest BCUT2D eigenvalue weighted by molar-refractivity contribution is 5.85. The molecule has 0 radical (unpaired) electrons. The minimum atomic E-state index is -0.891. The highest BCUT2D eigenvalue weighted by Crippen LogP contribution is 2.10. The molecule has 1 unspecified atom stereocenters. The molecule has 2 N–H and O–H groups in total. The van der Waals surface area contributed by atoms with Gasteiger partial charge in [-0.1, -0.05) is 12.5 Å². The summed E-state index contributed by atoms with van der Waals surface area (Å²) in [7, 11) is 0. The molecule has 0 bridgehead atoms. The molecule has 2 rings (SSSR count). The molecule has 0 aliphatic carbocycles. The second kappa shape index (κ2) is 7.40. The Kier molecular flexibility index (Phi) is 6.18. The van der Waals surface area contributed by atoms with Crippen LogP contribution < -0.4 is 10.6 Å². The summed E-state index contributed by atoms with van der Waals surface area (Å²) in [5, 5.41) is 5.85. The second-order valence-electron chi connectivity index (χ2n) is 4.47. The molecule has 0 spiro atoms. The number of carbonyl (C=O) groups is 1. The maximum absolute atomic E-state index is 13.0. The highest BCUT2D eigenvalue weighted by atomic mass is 35.5. The maximum Gasteiger partial charge on any atom is 0.237 e. The number of halogens is 3. The van der Waals surface area contributed by atoms with Crippen LogP contribution in [0.5, 0.6) is 0 Å². The van der Waals surface area contributed by atoms with E-state index in [1.54, 1.807) is 0 Å². The Morgan fingerprint density at radius 3 is 2.74 bits per heavy atom. The van der Waals surface area contributed by atoms with E-state index >= 15 is 0 Å². The van der Waals surface area contributed by atoms with Crippen molar-refractivity contribution in [2.75, 3.05) is 6.54 Å². The van der Waals surface area contributed by atoms with Gasteiger partial charge in [0, 0.05) is 6.54 Å². The molecule has 1 heterocycles. The maximum atomic E-state index is 13.0. The zero-order valence-electron chi connectivity index (χ0n) is 10.4. The Labute approximate surface area is 117 Å². The first-order valence-corrected chi connectivity index (χ1v) is 6.12. The van der Waals surface area contributed by atoms with Crippen LogP contribution in [-0.2, 0) is 11.3 Å². The molecule has 1 aromatic rings. The standard InChI is InChI=1S/C13H16F2N2O.ClH/c14-10-5-4-9(7-11(10)15)8-17-13(18)12-3-1-2-6-16-12;/h4-5,7,12,16H,1-3,6,8H2,(H,17,18);1H. The van der Waals surface area contributed by atoms with Crippen molar-refractivity contribution in [1.82, 2.24) is 10.6 Å². The summed E-state index contributed by atoms with van der Waals surface area (Å²) in [5.74, 6) is -1.85. The Morgan fingerprint density at radius 1 is 1.32 bits per heavy atom. The van der Waals surface area contributed by atoms with E-state index in [-0.39, 0.29) is 30.9 Å². The summed E-state index contributed by atoms with van der Waals surface area (Å²) in [5.41, 5.74) is 0.554. The lowest BCUT2D eigenvalue weighted by molar-refractivity contribution is -0.123. The lowest BCUT2D eigenvalue weighted by Crippen LogP contribution is -2.46. The number of benzene rings is 1. The third kappa shape index (κ3) is 4.44. The zero-order valence-corrected chi connectivity index (χ0v) is 11.2. The van der Waals surface area contributed by atoms with Gasteiger partial charge in [-0.05, 0) is 37.1 Å². The molecule has 0 saturated carbocycles. The van der Waals surface area contributed by atoms with Crippen molar-refractivity contribution in [3.63, 3.8) is 0 Å². The third-order valence-electron chi connectivity index (χ3n) is 3.08. The molecule has 1 aromatic carbocycles. The molecule has 6 heteroatoms. The van der Waals surface area contributed by atoms with Gasteiger partial charge in [0.25, 0.3) is 0 Å². The van der Waals surface area contributed by atoms with E-state index in [9.17, 15) is 13.6 Å². The van der Waals surface area contributed by atoms with Gasteiger partial charge in [0.1, 0.15) is 0 Å². The van der Waals surface area contributed by atoms with Gasteiger partial charge >= 0.3 is 0 Å². The van der Waals surface area contributed by atoms with E-state index < -0.39 is 11.6 Å². The van der Waals surface area contributed by atoms with Gasteiger partial charge in [-0.2, -0.15) is 0 Å². The summed E-state index contributed by atoms with van der Waals surface area (Å²) in [6.07, 6.45) is 2.95. The van der Waals surface area contributed by atoms with Crippen molar-refractivity contribution in [3.8, 4) is 0 Å². The van der Waals surface area contributed by atoms with Crippen molar-refractivity contribution in [1.29, 1.82) is 0 Å². The summed E-state index contributed by atoms with van der Waals surface area (Å²) < 4.78 is 25.7. The number of amides is 1. The number of hydrogen-bond donors (Lipinski definition) is 2. The Hall–Kier alpha value is -1.20. The van der Waals surface area contributed by atoms with E-state index in [0.717, 1.165) is 37.9 Å².